The number of benzene rings is 2. The second kappa shape index (κ2) is 9.64. The molecule has 0 amide bonds. The molecule has 0 bridgehead atoms. The first-order valence-corrected chi connectivity index (χ1v) is 16.6. The molecule has 2 N–H and O–H groups in total. The molecule has 190 valence electrons. The van der Waals surface area contributed by atoms with Crippen LogP contribution >= 0.6 is 26.2 Å². The topological polar surface area (TPSA) is 101 Å². The number of nitrogens with two attached hydrogens (primary N) is 1. The number of nitrogen functional groups attached to an aromatic ring is 1. The highest BCUT2D eigenvalue weighted by atomic mass is 127. The van der Waals surface area contributed by atoms with Gasteiger partial charge in [-0.1, -0.05) is 43.3 Å². The van der Waals surface area contributed by atoms with E-state index < -0.39 is 16.2 Å². The van der Waals surface area contributed by atoms with Crippen molar-refractivity contribution in [2.45, 2.75) is 25.4 Å². The molecule has 4 aromatic rings. The first-order chi connectivity index (χ1) is 17.1. The molecule has 1 aliphatic heterocycles. The van der Waals surface area contributed by atoms with Crippen molar-refractivity contribution in [3.63, 3.8) is 0 Å². The average molecular weight is 642 g/mol. The zero-order valence-electron chi connectivity index (χ0n) is 19.8. The van der Waals surface area contributed by atoms with Gasteiger partial charge >= 0.3 is 0 Å². The summed E-state index contributed by atoms with van der Waals surface area (Å²) in [6, 6.07) is 13.5. The number of nitrogens with zero attached hydrogens (tertiary/aromatic N) is 5. The molecule has 0 saturated carbocycles. The highest BCUT2D eigenvalue weighted by Gasteiger charge is 2.48. The van der Waals surface area contributed by atoms with E-state index in [1.165, 1.54) is 0 Å². The smallest absolute Gasteiger partial charge is 0.298 e. The summed E-state index contributed by atoms with van der Waals surface area (Å²) in [5.41, 5.74) is 6.96. The third-order valence-electron chi connectivity index (χ3n) is 5.95. The van der Waals surface area contributed by atoms with Crippen molar-refractivity contribution in [3.05, 3.63) is 48.8 Å². The fraction of sp³-hybridized carbons (Fsp3) is 0.348. The lowest BCUT2D eigenvalue weighted by Crippen LogP contribution is -2.28. The maximum absolute atomic E-state index is 15.9. The Labute approximate surface area is 225 Å². The van der Waals surface area contributed by atoms with Crippen molar-refractivity contribution in [1.82, 2.24) is 19.5 Å². The summed E-state index contributed by atoms with van der Waals surface area (Å²) in [6.45, 7) is 1.55. The van der Waals surface area contributed by atoms with Gasteiger partial charge in [0.1, 0.15) is 18.6 Å². The first kappa shape index (κ1) is 25.5. The zero-order valence-corrected chi connectivity index (χ0v) is 23.7. The summed E-state index contributed by atoms with van der Waals surface area (Å²) in [7, 11) is 3.68. The predicted molar refractivity (Wildman–Crippen MR) is 151 cm³/mol. The number of fused-ring (bicyclic) bond motifs is 2. The summed E-state index contributed by atoms with van der Waals surface area (Å²) in [5.74, 6) is -0.962. The van der Waals surface area contributed by atoms with Crippen molar-refractivity contribution < 1.29 is 18.2 Å². The third kappa shape index (κ3) is 5.01. The summed E-state index contributed by atoms with van der Waals surface area (Å²) in [6.07, 6.45) is 1.03. The van der Waals surface area contributed by atoms with Crippen LogP contribution in [0.25, 0.3) is 21.9 Å². The van der Waals surface area contributed by atoms with Gasteiger partial charge in [0.2, 0.25) is 11.8 Å². The molecule has 9 nitrogen and oxygen atoms in total. The normalized spacial score (nSPS) is 23.7. The SMILES string of the molecule is C[C@H]1C[C@@](F)(CO[P@](=S)(I)Oc2cccc3ccccc23)O[C@H]1n1cnc2c(N(C)C)nc(N)nc21. The molecule has 13 heteroatoms. The van der Waals surface area contributed by atoms with E-state index in [0.29, 0.717) is 22.7 Å². The second-order valence-corrected chi connectivity index (χ2v) is 17.5. The Morgan fingerprint density at radius 2 is 2.03 bits per heavy atom. The van der Waals surface area contributed by atoms with Crippen LogP contribution < -0.4 is 15.2 Å². The predicted octanol–water partition coefficient (Wildman–Crippen LogP) is 5.60. The Bertz CT molecular complexity index is 1480. The van der Waals surface area contributed by atoms with Crippen LogP contribution in [0.3, 0.4) is 0 Å². The molecule has 0 aliphatic carbocycles. The van der Waals surface area contributed by atoms with Crippen molar-refractivity contribution in [3.8, 4) is 5.75 Å². The van der Waals surface area contributed by atoms with Gasteiger partial charge in [-0.15, -0.1) is 0 Å². The molecule has 5 rings (SSSR count). The number of hydrogen-bond donors (Lipinski definition) is 1. The van der Waals surface area contributed by atoms with Gasteiger partial charge in [-0.05, 0) is 23.3 Å². The number of imidazole rings is 1. The van der Waals surface area contributed by atoms with Gasteiger partial charge < -0.3 is 24.4 Å². The molecule has 2 aromatic carbocycles. The number of alkyl halides is 1. The van der Waals surface area contributed by atoms with Crippen molar-refractivity contribution in [1.29, 1.82) is 0 Å². The second-order valence-electron chi connectivity index (χ2n) is 8.97. The molecule has 1 aliphatic rings. The number of ether oxygens (including phenoxy) is 1. The van der Waals surface area contributed by atoms with Crippen LogP contribution in [0.4, 0.5) is 16.2 Å². The molecule has 4 atom stereocenters. The van der Waals surface area contributed by atoms with Crippen LogP contribution in [0.1, 0.15) is 19.6 Å². The Balaban J connectivity index is 1.33. The Hall–Kier alpha value is -2.12. The van der Waals surface area contributed by atoms with Gasteiger partial charge in [-0.2, -0.15) is 9.97 Å². The van der Waals surface area contributed by atoms with Crippen molar-refractivity contribution in [2.24, 2.45) is 5.92 Å². The van der Waals surface area contributed by atoms with Crippen molar-refractivity contribution in [2.75, 3.05) is 31.3 Å². The van der Waals surface area contributed by atoms with Crippen LogP contribution in [0, 0.1) is 5.92 Å². The van der Waals surface area contributed by atoms with Crippen molar-refractivity contribution >= 4 is 71.7 Å². The van der Waals surface area contributed by atoms with Gasteiger partial charge in [0.05, 0.1) is 6.33 Å². The lowest BCUT2D eigenvalue weighted by atomic mass is 10.1. The van der Waals surface area contributed by atoms with Crippen LogP contribution in [-0.2, 0) is 21.1 Å². The van der Waals surface area contributed by atoms with Crippen LogP contribution in [0.15, 0.2) is 48.8 Å². The van der Waals surface area contributed by atoms with E-state index in [9.17, 15) is 0 Å². The van der Waals surface area contributed by atoms with Gasteiger partial charge in [-0.3, -0.25) is 4.57 Å². The standard InChI is InChI=1S/C23H25FIN6O3PS/c1-14-11-23(24,12-32-35(25,36)34-17-10-6-8-15-7-4-5-9-16(15)17)33-21(14)31-13-27-18-19(30(2)3)28-22(26)29-20(18)31/h4-10,13-14,21H,11-12H2,1-3H3,(H2,26,28,29)/t14-,21+,23-,35+/m0/s1. The summed E-state index contributed by atoms with van der Waals surface area (Å²) < 4.78 is 32.5. The number of aromatic nitrogens is 4. The Morgan fingerprint density at radius 3 is 2.81 bits per heavy atom. The van der Waals surface area contributed by atoms with Crippen LogP contribution in [0.2, 0.25) is 0 Å². The maximum atomic E-state index is 15.9. The van der Waals surface area contributed by atoms with E-state index in [0.717, 1.165) is 10.8 Å². The molecule has 1 fully saturated rings. The maximum Gasteiger partial charge on any atom is 0.298 e. The molecule has 0 unspecified atom stereocenters. The zero-order chi connectivity index (χ0) is 25.7. The number of rotatable bonds is 7. The van der Waals surface area contributed by atoms with E-state index in [1.54, 1.807) is 15.8 Å². The first-order valence-electron chi connectivity index (χ1n) is 11.2. The minimum atomic E-state index is -2.86. The molecule has 0 radical (unpaired) electrons. The lowest BCUT2D eigenvalue weighted by molar-refractivity contribution is -0.172. The fourth-order valence-electron chi connectivity index (χ4n) is 4.39. The van der Waals surface area contributed by atoms with Gasteiger partial charge in [0.15, 0.2) is 17.0 Å². The van der Waals surface area contributed by atoms with Crippen LogP contribution in [-0.4, -0.2) is 46.1 Å². The molecular formula is C23H25FIN6O3PS. The molecule has 2 aromatic heterocycles. The van der Waals surface area contributed by atoms with E-state index >= 15 is 4.39 Å². The average Bonchev–Trinajstić information content (AvgIpc) is 3.37. The van der Waals surface area contributed by atoms with Crippen LogP contribution in [0.5, 0.6) is 5.75 Å². The lowest BCUT2D eigenvalue weighted by Gasteiger charge is -2.24. The van der Waals surface area contributed by atoms with E-state index in [2.05, 4.69) is 15.0 Å². The van der Waals surface area contributed by atoms with E-state index in [-0.39, 0.29) is 24.9 Å². The minimum absolute atomic E-state index is 0.102. The minimum Gasteiger partial charge on any atom is -0.436 e. The number of anilines is 2. The quantitative estimate of drug-likeness (QED) is 0.204. The molecule has 3 heterocycles. The largest absolute Gasteiger partial charge is 0.436 e. The summed E-state index contributed by atoms with van der Waals surface area (Å²) in [5, 5.41) is 1.94. The van der Waals surface area contributed by atoms with Gasteiger partial charge in [0.25, 0.3) is 4.13 Å². The molecule has 36 heavy (non-hydrogen) atoms. The Kier molecular flexibility index (Phi) is 6.83. The monoisotopic (exact) mass is 642 g/mol. The number of halogens is 2. The molecular weight excluding hydrogens is 617 g/mol. The number of hydrogen-bond acceptors (Lipinski definition) is 9. The highest BCUT2D eigenvalue weighted by Crippen LogP contribution is 2.59. The molecule has 0 spiro atoms. The summed E-state index contributed by atoms with van der Waals surface area (Å²) >= 11 is 7.57. The van der Waals surface area contributed by atoms with Gasteiger partial charge in [-0.25, -0.2) is 9.37 Å². The van der Waals surface area contributed by atoms with E-state index in [1.807, 2.05) is 85.5 Å². The highest BCUT2D eigenvalue weighted by molar-refractivity contribution is 14.2. The Morgan fingerprint density at radius 1 is 1.28 bits per heavy atom. The molecule has 1 saturated heterocycles. The van der Waals surface area contributed by atoms with E-state index in [4.69, 9.17) is 31.3 Å². The third-order valence-corrected chi connectivity index (χ3v) is 8.77. The summed E-state index contributed by atoms with van der Waals surface area (Å²) in [4.78, 5) is 14.8. The van der Waals surface area contributed by atoms with Gasteiger partial charge in [0, 0.05) is 53.9 Å². The fourth-order valence-corrected chi connectivity index (χ4v) is 6.64.